The zero-order chi connectivity index (χ0) is 13.1. The Bertz CT molecular complexity index is 422. The van der Waals surface area contributed by atoms with Crippen LogP contribution in [0.2, 0.25) is 5.28 Å². The van der Waals surface area contributed by atoms with Crippen molar-refractivity contribution in [3.63, 3.8) is 0 Å². The Hall–Kier alpha value is -1.03. The lowest BCUT2D eigenvalue weighted by atomic mass is 10.1. The molecule has 1 unspecified atom stereocenters. The van der Waals surface area contributed by atoms with Crippen molar-refractivity contribution in [2.24, 2.45) is 0 Å². The van der Waals surface area contributed by atoms with E-state index in [0.29, 0.717) is 11.7 Å². The van der Waals surface area contributed by atoms with Gasteiger partial charge in [-0.05, 0) is 37.8 Å². The zero-order valence-electron chi connectivity index (χ0n) is 11.1. The molecule has 2 rings (SSSR count). The number of nitrogens with two attached hydrogens (primary N) is 1. The SMILES string of the molecule is CCC1CCCCCN1c1nc(Cl)nc(C)c1N. The third-order valence-electron chi connectivity index (χ3n) is 3.71. The molecule has 2 heterocycles. The van der Waals surface area contributed by atoms with Crippen LogP contribution in [-0.4, -0.2) is 22.6 Å². The molecule has 0 aromatic carbocycles. The van der Waals surface area contributed by atoms with Crippen LogP contribution in [0.25, 0.3) is 0 Å². The summed E-state index contributed by atoms with van der Waals surface area (Å²) in [7, 11) is 0. The number of halogens is 1. The fourth-order valence-electron chi connectivity index (χ4n) is 2.63. The largest absolute Gasteiger partial charge is 0.394 e. The first-order valence-electron chi connectivity index (χ1n) is 6.69. The monoisotopic (exact) mass is 268 g/mol. The van der Waals surface area contributed by atoms with Crippen molar-refractivity contribution in [3.05, 3.63) is 11.0 Å². The molecule has 1 saturated heterocycles. The first kappa shape index (κ1) is 13.4. The van der Waals surface area contributed by atoms with Gasteiger partial charge in [0.25, 0.3) is 0 Å². The van der Waals surface area contributed by atoms with Gasteiger partial charge in [-0.15, -0.1) is 0 Å². The summed E-state index contributed by atoms with van der Waals surface area (Å²) in [6.07, 6.45) is 6.07. The Morgan fingerprint density at radius 1 is 1.33 bits per heavy atom. The number of hydrogen-bond donors (Lipinski definition) is 1. The van der Waals surface area contributed by atoms with Crippen molar-refractivity contribution < 1.29 is 0 Å². The van der Waals surface area contributed by atoms with Gasteiger partial charge in [-0.25, -0.2) is 4.98 Å². The molecule has 0 aliphatic carbocycles. The second-order valence-electron chi connectivity index (χ2n) is 4.92. The summed E-state index contributed by atoms with van der Waals surface area (Å²) in [6, 6.07) is 0.514. The van der Waals surface area contributed by atoms with Crippen molar-refractivity contribution in [2.45, 2.75) is 52.0 Å². The lowest BCUT2D eigenvalue weighted by Crippen LogP contribution is -2.35. The predicted octanol–water partition coefficient (Wildman–Crippen LogP) is 3.18. The van der Waals surface area contributed by atoms with E-state index in [1.54, 1.807) is 0 Å². The molecule has 1 fully saturated rings. The molecule has 0 amide bonds. The number of aromatic nitrogens is 2. The highest BCUT2D eigenvalue weighted by atomic mass is 35.5. The van der Waals surface area contributed by atoms with Gasteiger partial charge in [0.05, 0.1) is 11.4 Å². The summed E-state index contributed by atoms with van der Waals surface area (Å²) < 4.78 is 0. The first-order valence-corrected chi connectivity index (χ1v) is 7.07. The van der Waals surface area contributed by atoms with Gasteiger partial charge < -0.3 is 10.6 Å². The quantitative estimate of drug-likeness (QED) is 0.837. The molecule has 1 aliphatic heterocycles. The molecule has 100 valence electrons. The Labute approximate surface area is 114 Å². The summed E-state index contributed by atoms with van der Waals surface area (Å²) in [4.78, 5) is 10.8. The van der Waals surface area contributed by atoms with Gasteiger partial charge in [0, 0.05) is 12.6 Å². The molecule has 1 atom stereocenters. The highest BCUT2D eigenvalue weighted by Gasteiger charge is 2.23. The predicted molar refractivity (Wildman–Crippen MR) is 76.1 cm³/mol. The number of anilines is 2. The van der Waals surface area contributed by atoms with Crippen molar-refractivity contribution in [1.82, 2.24) is 9.97 Å². The molecule has 1 aromatic heterocycles. The highest BCUT2D eigenvalue weighted by molar-refractivity contribution is 6.28. The van der Waals surface area contributed by atoms with Gasteiger partial charge in [-0.1, -0.05) is 19.8 Å². The van der Waals surface area contributed by atoms with Crippen LogP contribution in [0.3, 0.4) is 0 Å². The standard InChI is InChI=1S/C13H21ClN4/c1-3-10-7-5-4-6-8-18(10)12-11(15)9(2)16-13(14)17-12/h10H,3-8,15H2,1-2H3. The number of nitrogens with zero attached hydrogens (tertiary/aromatic N) is 3. The maximum absolute atomic E-state index is 6.12. The van der Waals surface area contributed by atoms with E-state index in [4.69, 9.17) is 17.3 Å². The van der Waals surface area contributed by atoms with Gasteiger partial charge in [-0.2, -0.15) is 4.98 Å². The van der Waals surface area contributed by atoms with Gasteiger partial charge in [0.1, 0.15) is 0 Å². The Kier molecular flexibility index (Phi) is 4.27. The van der Waals surface area contributed by atoms with E-state index < -0.39 is 0 Å². The number of hydrogen-bond acceptors (Lipinski definition) is 4. The Balaban J connectivity index is 2.38. The third-order valence-corrected chi connectivity index (χ3v) is 3.88. The number of aryl methyl sites for hydroxylation is 1. The molecule has 4 nitrogen and oxygen atoms in total. The minimum Gasteiger partial charge on any atom is -0.394 e. The second kappa shape index (κ2) is 5.74. The van der Waals surface area contributed by atoms with E-state index in [9.17, 15) is 0 Å². The van der Waals surface area contributed by atoms with Crippen molar-refractivity contribution in [1.29, 1.82) is 0 Å². The van der Waals surface area contributed by atoms with Crippen LogP contribution in [0, 0.1) is 6.92 Å². The van der Waals surface area contributed by atoms with Gasteiger partial charge >= 0.3 is 0 Å². The summed E-state index contributed by atoms with van der Waals surface area (Å²) in [5.41, 5.74) is 7.56. The maximum atomic E-state index is 6.12. The second-order valence-corrected chi connectivity index (χ2v) is 5.26. The fraction of sp³-hybridized carbons (Fsp3) is 0.692. The van der Waals surface area contributed by atoms with Crippen LogP contribution in [0.4, 0.5) is 11.5 Å². The smallest absolute Gasteiger partial charge is 0.224 e. The van der Waals surface area contributed by atoms with Crippen LogP contribution >= 0.6 is 11.6 Å². The molecular weight excluding hydrogens is 248 g/mol. The molecule has 0 saturated carbocycles. The van der Waals surface area contributed by atoms with Crippen LogP contribution in [0.15, 0.2) is 0 Å². The molecule has 2 N–H and O–H groups in total. The molecule has 18 heavy (non-hydrogen) atoms. The summed E-state index contributed by atoms with van der Waals surface area (Å²) in [5, 5.41) is 0.288. The normalized spacial score (nSPS) is 20.8. The lowest BCUT2D eigenvalue weighted by Gasteiger charge is -2.31. The molecule has 0 radical (unpaired) electrons. The van der Waals surface area contributed by atoms with E-state index in [-0.39, 0.29) is 5.28 Å². The molecule has 0 spiro atoms. The van der Waals surface area contributed by atoms with E-state index in [0.717, 1.165) is 24.5 Å². The van der Waals surface area contributed by atoms with Gasteiger partial charge in [0.2, 0.25) is 5.28 Å². The third kappa shape index (κ3) is 2.69. The van der Waals surface area contributed by atoms with Gasteiger partial charge in [0.15, 0.2) is 5.82 Å². The summed E-state index contributed by atoms with van der Waals surface area (Å²) in [5.74, 6) is 0.821. The van der Waals surface area contributed by atoms with E-state index in [1.807, 2.05) is 6.92 Å². The topological polar surface area (TPSA) is 55.0 Å². The highest BCUT2D eigenvalue weighted by Crippen LogP contribution is 2.30. The summed E-state index contributed by atoms with van der Waals surface area (Å²) in [6.45, 7) is 5.11. The van der Waals surface area contributed by atoms with Crippen molar-refractivity contribution in [3.8, 4) is 0 Å². The maximum Gasteiger partial charge on any atom is 0.224 e. The molecule has 0 bridgehead atoms. The zero-order valence-corrected chi connectivity index (χ0v) is 11.9. The Morgan fingerprint density at radius 3 is 2.83 bits per heavy atom. The van der Waals surface area contributed by atoms with Crippen LogP contribution in [0.1, 0.15) is 44.7 Å². The van der Waals surface area contributed by atoms with Crippen molar-refractivity contribution >= 4 is 23.1 Å². The van der Waals surface area contributed by atoms with E-state index >= 15 is 0 Å². The minimum atomic E-state index is 0.288. The van der Waals surface area contributed by atoms with Crippen molar-refractivity contribution in [2.75, 3.05) is 17.2 Å². The first-order chi connectivity index (χ1) is 8.63. The van der Waals surface area contributed by atoms with Crippen LogP contribution in [0.5, 0.6) is 0 Å². The number of rotatable bonds is 2. The van der Waals surface area contributed by atoms with Crippen LogP contribution < -0.4 is 10.6 Å². The van der Waals surface area contributed by atoms with Gasteiger partial charge in [-0.3, -0.25) is 0 Å². The number of nitrogen functional groups attached to an aromatic ring is 1. The lowest BCUT2D eigenvalue weighted by molar-refractivity contribution is 0.552. The average Bonchev–Trinajstić information content (AvgIpc) is 2.58. The minimum absolute atomic E-state index is 0.288. The molecule has 5 heteroatoms. The molecule has 1 aromatic rings. The van der Waals surface area contributed by atoms with Crippen LogP contribution in [-0.2, 0) is 0 Å². The Morgan fingerprint density at radius 2 is 2.11 bits per heavy atom. The van der Waals surface area contributed by atoms with E-state index in [2.05, 4.69) is 21.8 Å². The average molecular weight is 269 g/mol. The fourth-order valence-corrected chi connectivity index (χ4v) is 2.84. The van der Waals surface area contributed by atoms with E-state index in [1.165, 1.54) is 25.7 Å². The molecule has 1 aliphatic rings. The summed E-state index contributed by atoms with van der Waals surface area (Å²) >= 11 is 5.97. The molecular formula is C13H21ClN4.